The lowest BCUT2D eigenvalue weighted by atomic mass is 10.1. The summed E-state index contributed by atoms with van der Waals surface area (Å²) in [5, 5.41) is 5.93. The van der Waals surface area contributed by atoms with Crippen LogP contribution in [0.3, 0.4) is 0 Å². The molecule has 0 aliphatic rings. The number of para-hydroxylation sites is 1. The Morgan fingerprint density at radius 3 is 2.52 bits per heavy atom. The average molecular weight is 389 g/mol. The highest BCUT2D eigenvalue weighted by Gasteiger charge is 2.18. The summed E-state index contributed by atoms with van der Waals surface area (Å²) in [5.41, 5.74) is 2.14. The summed E-state index contributed by atoms with van der Waals surface area (Å²) in [7, 11) is 0. The van der Waals surface area contributed by atoms with Gasteiger partial charge in [0.1, 0.15) is 0 Å². The van der Waals surface area contributed by atoms with E-state index in [0.29, 0.717) is 10.7 Å². The smallest absolute Gasteiger partial charge is 0.340 e. The Labute approximate surface area is 162 Å². The number of nitrogens with one attached hydrogen (secondary N) is 2. The third-order valence-electron chi connectivity index (χ3n) is 3.85. The summed E-state index contributed by atoms with van der Waals surface area (Å²) in [6, 6.07) is 11.8. The van der Waals surface area contributed by atoms with Gasteiger partial charge in [-0.2, -0.15) is 0 Å². The van der Waals surface area contributed by atoms with Crippen LogP contribution in [-0.4, -0.2) is 24.4 Å². The zero-order valence-corrected chi connectivity index (χ0v) is 16.1. The second-order valence-corrected chi connectivity index (χ2v) is 6.54. The van der Waals surface area contributed by atoms with Gasteiger partial charge in [0.15, 0.2) is 6.61 Å². The molecular formula is C20H21ClN2O4. The number of aryl methyl sites for hydroxylation is 1. The molecule has 7 heteroatoms. The van der Waals surface area contributed by atoms with Crippen molar-refractivity contribution < 1.29 is 19.1 Å². The van der Waals surface area contributed by atoms with Gasteiger partial charge in [0.25, 0.3) is 5.91 Å². The molecule has 0 saturated carbocycles. The summed E-state index contributed by atoms with van der Waals surface area (Å²) in [5.74, 6) is -1.43. The topological polar surface area (TPSA) is 84.5 Å². The van der Waals surface area contributed by atoms with Crippen LogP contribution in [0.15, 0.2) is 42.5 Å². The third-order valence-corrected chi connectivity index (χ3v) is 4.09. The van der Waals surface area contributed by atoms with E-state index < -0.39 is 18.5 Å². The maximum atomic E-state index is 12.3. The van der Waals surface area contributed by atoms with Crippen molar-refractivity contribution in [3.63, 3.8) is 0 Å². The number of carbonyl (C=O) groups excluding carboxylic acids is 3. The van der Waals surface area contributed by atoms with E-state index in [1.807, 2.05) is 6.07 Å². The van der Waals surface area contributed by atoms with E-state index in [-0.39, 0.29) is 17.5 Å². The number of amides is 2. The van der Waals surface area contributed by atoms with Gasteiger partial charge in [0, 0.05) is 11.9 Å². The largest absolute Gasteiger partial charge is 0.452 e. The van der Waals surface area contributed by atoms with Gasteiger partial charge < -0.3 is 15.4 Å². The first-order chi connectivity index (χ1) is 12.8. The van der Waals surface area contributed by atoms with Gasteiger partial charge in [-0.3, -0.25) is 9.59 Å². The standard InChI is InChI=1S/C20H21ClN2O4/c1-12-6-4-9-17(19(12)23-14(3)24)20(26)27-11-18(25)22-13(2)15-7-5-8-16(21)10-15/h4-10,13H,11H2,1-3H3,(H,22,25)(H,23,24). The highest BCUT2D eigenvalue weighted by Crippen LogP contribution is 2.21. The van der Waals surface area contributed by atoms with Crippen LogP contribution < -0.4 is 10.6 Å². The van der Waals surface area contributed by atoms with Crippen molar-refractivity contribution in [2.24, 2.45) is 0 Å². The number of carbonyl (C=O) groups is 3. The molecule has 2 amide bonds. The fourth-order valence-corrected chi connectivity index (χ4v) is 2.73. The monoisotopic (exact) mass is 388 g/mol. The van der Waals surface area contributed by atoms with E-state index in [4.69, 9.17) is 16.3 Å². The third kappa shape index (κ3) is 5.82. The summed E-state index contributed by atoms with van der Waals surface area (Å²) in [6.07, 6.45) is 0. The van der Waals surface area contributed by atoms with Gasteiger partial charge in [-0.25, -0.2) is 4.79 Å². The number of rotatable bonds is 6. The summed E-state index contributed by atoms with van der Waals surface area (Å²) >= 11 is 5.95. The minimum atomic E-state index is -0.687. The predicted molar refractivity (Wildman–Crippen MR) is 104 cm³/mol. The average Bonchev–Trinajstić information content (AvgIpc) is 2.61. The molecule has 0 aliphatic carbocycles. The minimum absolute atomic E-state index is 0.195. The Morgan fingerprint density at radius 1 is 1.15 bits per heavy atom. The lowest BCUT2D eigenvalue weighted by Crippen LogP contribution is -2.31. The van der Waals surface area contributed by atoms with E-state index in [0.717, 1.165) is 11.1 Å². The highest BCUT2D eigenvalue weighted by atomic mass is 35.5. The summed E-state index contributed by atoms with van der Waals surface area (Å²) in [6.45, 7) is 4.49. The molecule has 1 unspecified atom stereocenters. The molecule has 1 atom stereocenters. The van der Waals surface area contributed by atoms with Crippen molar-refractivity contribution >= 4 is 35.1 Å². The van der Waals surface area contributed by atoms with Gasteiger partial charge in [-0.05, 0) is 43.2 Å². The molecule has 6 nitrogen and oxygen atoms in total. The molecule has 27 heavy (non-hydrogen) atoms. The van der Waals surface area contributed by atoms with Crippen molar-refractivity contribution in [1.82, 2.24) is 5.32 Å². The molecule has 142 valence electrons. The molecule has 0 aliphatic heterocycles. The van der Waals surface area contributed by atoms with Crippen molar-refractivity contribution in [3.05, 3.63) is 64.2 Å². The maximum Gasteiger partial charge on any atom is 0.340 e. The Hall–Kier alpha value is -2.86. The van der Waals surface area contributed by atoms with Crippen molar-refractivity contribution in [3.8, 4) is 0 Å². The molecule has 0 fully saturated rings. The number of anilines is 1. The molecule has 0 radical (unpaired) electrons. The fourth-order valence-electron chi connectivity index (χ4n) is 2.53. The van der Waals surface area contributed by atoms with E-state index in [9.17, 15) is 14.4 Å². The fraction of sp³-hybridized carbons (Fsp3) is 0.250. The maximum absolute atomic E-state index is 12.3. The summed E-state index contributed by atoms with van der Waals surface area (Å²) in [4.78, 5) is 35.8. The number of halogens is 1. The van der Waals surface area contributed by atoms with E-state index in [1.165, 1.54) is 13.0 Å². The predicted octanol–water partition coefficient (Wildman–Crippen LogP) is 3.64. The first-order valence-electron chi connectivity index (χ1n) is 8.37. The molecule has 0 heterocycles. The van der Waals surface area contributed by atoms with Gasteiger partial charge in [-0.1, -0.05) is 35.9 Å². The van der Waals surface area contributed by atoms with Crippen molar-refractivity contribution in [2.45, 2.75) is 26.8 Å². The number of ether oxygens (including phenoxy) is 1. The SMILES string of the molecule is CC(=O)Nc1c(C)cccc1C(=O)OCC(=O)NC(C)c1cccc(Cl)c1. The zero-order chi connectivity index (χ0) is 20.0. The van der Waals surface area contributed by atoms with Gasteiger partial charge >= 0.3 is 5.97 Å². The normalized spacial score (nSPS) is 11.4. The van der Waals surface area contributed by atoms with Gasteiger partial charge in [-0.15, -0.1) is 0 Å². The van der Waals surface area contributed by atoms with E-state index >= 15 is 0 Å². The van der Waals surface area contributed by atoms with Crippen LogP contribution in [0.25, 0.3) is 0 Å². The molecule has 0 bridgehead atoms. The number of benzene rings is 2. The quantitative estimate of drug-likeness (QED) is 0.740. The number of hydrogen-bond acceptors (Lipinski definition) is 4. The molecule has 0 aromatic heterocycles. The number of hydrogen-bond donors (Lipinski definition) is 2. The van der Waals surface area contributed by atoms with Crippen LogP contribution in [0.5, 0.6) is 0 Å². The zero-order valence-electron chi connectivity index (χ0n) is 15.3. The second kappa shape index (κ2) is 9.19. The molecule has 2 rings (SSSR count). The lowest BCUT2D eigenvalue weighted by Gasteiger charge is -2.15. The molecular weight excluding hydrogens is 368 g/mol. The van der Waals surface area contributed by atoms with E-state index in [2.05, 4.69) is 10.6 Å². The van der Waals surface area contributed by atoms with Crippen LogP contribution in [0.2, 0.25) is 5.02 Å². The Bertz CT molecular complexity index is 867. The minimum Gasteiger partial charge on any atom is -0.452 e. The van der Waals surface area contributed by atoms with E-state index in [1.54, 1.807) is 44.2 Å². The van der Waals surface area contributed by atoms with Crippen LogP contribution in [-0.2, 0) is 14.3 Å². The van der Waals surface area contributed by atoms with Gasteiger partial charge in [0.05, 0.1) is 17.3 Å². The van der Waals surface area contributed by atoms with Crippen LogP contribution >= 0.6 is 11.6 Å². The second-order valence-electron chi connectivity index (χ2n) is 6.10. The van der Waals surface area contributed by atoms with Gasteiger partial charge in [0.2, 0.25) is 5.91 Å². The highest BCUT2D eigenvalue weighted by molar-refractivity contribution is 6.30. The first kappa shape index (κ1) is 20.5. The lowest BCUT2D eigenvalue weighted by molar-refractivity contribution is -0.124. The molecule has 2 aromatic carbocycles. The van der Waals surface area contributed by atoms with Crippen molar-refractivity contribution in [1.29, 1.82) is 0 Å². The molecule has 2 N–H and O–H groups in total. The molecule has 0 spiro atoms. The summed E-state index contributed by atoms with van der Waals surface area (Å²) < 4.78 is 5.10. The Kier molecular flexibility index (Phi) is 6.96. The first-order valence-corrected chi connectivity index (χ1v) is 8.75. The Balaban J connectivity index is 1.98. The number of esters is 1. The van der Waals surface area contributed by atoms with Crippen LogP contribution in [0.4, 0.5) is 5.69 Å². The Morgan fingerprint density at radius 2 is 1.85 bits per heavy atom. The molecule has 2 aromatic rings. The van der Waals surface area contributed by atoms with Crippen LogP contribution in [0.1, 0.15) is 41.4 Å². The molecule has 0 saturated heterocycles. The van der Waals surface area contributed by atoms with Crippen LogP contribution in [0, 0.1) is 6.92 Å². The van der Waals surface area contributed by atoms with Crippen molar-refractivity contribution in [2.75, 3.05) is 11.9 Å².